The summed E-state index contributed by atoms with van der Waals surface area (Å²) in [6, 6.07) is 10.2. The van der Waals surface area contributed by atoms with E-state index in [1.54, 1.807) is 11.6 Å². The van der Waals surface area contributed by atoms with Crippen LogP contribution in [-0.2, 0) is 39.6 Å². The Balaban J connectivity index is 1.21. The summed E-state index contributed by atoms with van der Waals surface area (Å²) in [6.07, 6.45) is 13.0. The van der Waals surface area contributed by atoms with Gasteiger partial charge in [-0.25, -0.2) is 14.8 Å². The van der Waals surface area contributed by atoms with Crippen LogP contribution in [0.1, 0.15) is 51.2 Å². The lowest BCUT2D eigenvalue weighted by molar-refractivity contribution is 0.206. The molecule has 0 bridgehead atoms. The van der Waals surface area contributed by atoms with Crippen molar-refractivity contribution in [2.24, 2.45) is 17.9 Å². The van der Waals surface area contributed by atoms with Crippen LogP contribution in [0.15, 0.2) is 65.6 Å². The second-order valence-electron chi connectivity index (χ2n) is 13.3. The van der Waals surface area contributed by atoms with Gasteiger partial charge in [-0.05, 0) is 53.5 Å². The molecule has 214 valence electrons. The van der Waals surface area contributed by atoms with Crippen LogP contribution in [0.25, 0.3) is 22.4 Å². The number of nitrogens with two attached hydrogens (primary N) is 1. The fourth-order valence-electron chi connectivity index (χ4n) is 6.20. The fraction of sp³-hybridized carbons (Fsp3) is 0.424. The number of hydrogen-bond acceptors (Lipinski definition) is 5. The van der Waals surface area contributed by atoms with Gasteiger partial charge in [0.15, 0.2) is 5.65 Å². The summed E-state index contributed by atoms with van der Waals surface area (Å²) in [5.41, 5.74) is 12.9. The van der Waals surface area contributed by atoms with E-state index in [9.17, 15) is 4.79 Å². The van der Waals surface area contributed by atoms with Crippen molar-refractivity contribution in [3.63, 3.8) is 0 Å². The molecule has 1 unspecified atom stereocenters. The fourth-order valence-corrected chi connectivity index (χ4v) is 6.20. The van der Waals surface area contributed by atoms with Gasteiger partial charge in [0.05, 0.1) is 17.8 Å². The number of imidazole rings is 2. The number of fused-ring (bicyclic) bond motifs is 2. The van der Waals surface area contributed by atoms with Crippen LogP contribution in [-0.4, -0.2) is 35.1 Å². The van der Waals surface area contributed by atoms with E-state index in [1.807, 2.05) is 22.8 Å². The van der Waals surface area contributed by atoms with Gasteiger partial charge in [-0.15, -0.1) is 0 Å². The summed E-state index contributed by atoms with van der Waals surface area (Å²) in [7, 11) is 1.79. The van der Waals surface area contributed by atoms with Gasteiger partial charge in [-0.3, -0.25) is 14.0 Å². The predicted molar refractivity (Wildman–Crippen MR) is 165 cm³/mol. The maximum atomic E-state index is 13.0. The zero-order valence-electron chi connectivity index (χ0n) is 24.9. The van der Waals surface area contributed by atoms with Crippen molar-refractivity contribution >= 4 is 16.9 Å². The Labute approximate surface area is 241 Å². The number of aromatic nitrogens is 5. The molecule has 0 saturated heterocycles. The molecule has 0 saturated carbocycles. The van der Waals surface area contributed by atoms with E-state index in [-0.39, 0.29) is 16.5 Å². The van der Waals surface area contributed by atoms with Crippen molar-refractivity contribution in [2.45, 2.75) is 66.7 Å². The van der Waals surface area contributed by atoms with Gasteiger partial charge in [-0.2, -0.15) is 0 Å². The maximum absolute atomic E-state index is 13.0. The van der Waals surface area contributed by atoms with Crippen molar-refractivity contribution in [1.82, 2.24) is 28.6 Å². The van der Waals surface area contributed by atoms with Crippen molar-refractivity contribution in [3.05, 3.63) is 88.4 Å². The van der Waals surface area contributed by atoms with Gasteiger partial charge >= 0.3 is 5.69 Å². The van der Waals surface area contributed by atoms with Gasteiger partial charge in [0.2, 0.25) is 0 Å². The molecular formula is C33H41N7O. The summed E-state index contributed by atoms with van der Waals surface area (Å²) in [6.45, 7) is 12.9. The Morgan fingerprint density at radius 2 is 1.93 bits per heavy atom. The smallest absolute Gasteiger partial charge is 0.330 e. The predicted octanol–water partition coefficient (Wildman–Crippen LogP) is 5.31. The molecule has 41 heavy (non-hydrogen) atoms. The summed E-state index contributed by atoms with van der Waals surface area (Å²) in [5, 5.41) is 0. The molecule has 0 amide bonds. The van der Waals surface area contributed by atoms with Gasteiger partial charge < -0.3 is 10.3 Å². The van der Waals surface area contributed by atoms with E-state index in [0.29, 0.717) is 17.9 Å². The standard InChI is InChI=1S/C33H41N7O/c1-32(2,3)22-40-28-12-11-27(36-30(28)37(5)31(40)41)25-17-23(9-10-26(25)34)20-38-15-16-39-24(19-35-29(39)21-38)18-33(4)13-7-6-8-14-33/h6-13,17,19H,14-16,18,20-22,34H2,1-5H3. The Kier molecular flexibility index (Phi) is 6.77. The third kappa shape index (κ3) is 5.40. The number of allylic oxidation sites excluding steroid dienone is 4. The van der Waals surface area contributed by atoms with Crippen LogP contribution in [0.4, 0.5) is 5.69 Å². The first-order valence-corrected chi connectivity index (χ1v) is 14.5. The second-order valence-corrected chi connectivity index (χ2v) is 13.3. The van der Waals surface area contributed by atoms with Gasteiger partial charge in [0.1, 0.15) is 5.82 Å². The zero-order chi connectivity index (χ0) is 28.9. The van der Waals surface area contributed by atoms with Crippen molar-refractivity contribution < 1.29 is 0 Å². The monoisotopic (exact) mass is 551 g/mol. The normalized spacial score (nSPS) is 19.2. The van der Waals surface area contributed by atoms with Crippen LogP contribution in [0, 0.1) is 10.8 Å². The summed E-state index contributed by atoms with van der Waals surface area (Å²) in [5.74, 6) is 1.13. The molecule has 0 radical (unpaired) electrons. The highest BCUT2D eigenvalue weighted by atomic mass is 16.1. The minimum atomic E-state index is -0.0472. The second kappa shape index (κ2) is 10.2. The molecule has 1 aromatic carbocycles. The topological polar surface area (TPSA) is 86.9 Å². The van der Waals surface area contributed by atoms with E-state index < -0.39 is 0 Å². The van der Waals surface area contributed by atoms with Crippen LogP contribution < -0.4 is 11.4 Å². The van der Waals surface area contributed by atoms with Gasteiger partial charge in [0.25, 0.3) is 0 Å². The summed E-state index contributed by atoms with van der Waals surface area (Å²) < 4.78 is 5.87. The minimum absolute atomic E-state index is 0.0226. The summed E-state index contributed by atoms with van der Waals surface area (Å²) in [4.78, 5) is 25.2. The molecule has 6 rings (SSSR count). The zero-order valence-corrected chi connectivity index (χ0v) is 24.9. The van der Waals surface area contributed by atoms with Crippen molar-refractivity contribution in [3.8, 4) is 11.3 Å². The van der Waals surface area contributed by atoms with E-state index in [2.05, 4.69) is 79.8 Å². The Bertz CT molecular complexity index is 1730. The molecule has 0 spiro atoms. The average Bonchev–Trinajstić information content (AvgIpc) is 3.42. The first-order valence-electron chi connectivity index (χ1n) is 14.5. The number of benzene rings is 1. The number of hydrogen-bond donors (Lipinski definition) is 1. The third-order valence-electron chi connectivity index (χ3n) is 8.35. The molecule has 4 heterocycles. The highest BCUT2D eigenvalue weighted by molar-refractivity contribution is 5.80. The quantitative estimate of drug-likeness (QED) is 0.328. The third-order valence-corrected chi connectivity index (χ3v) is 8.35. The number of rotatable bonds is 6. The Morgan fingerprint density at radius 3 is 2.68 bits per heavy atom. The first-order chi connectivity index (χ1) is 19.5. The van der Waals surface area contributed by atoms with Gasteiger partial charge in [-0.1, -0.05) is 58.1 Å². The van der Waals surface area contributed by atoms with Crippen LogP contribution in [0.3, 0.4) is 0 Å². The van der Waals surface area contributed by atoms with Gasteiger partial charge in [0, 0.05) is 56.4 Å². The average molecular weight is 552 g/mol. The number of nitrogens with zero attached hydrogens (tertiary/aromatic N) is 6. The first kappa shape index (κ1) is 27.3. The maximum Gasteiger partial charge on any atom is 0.330 e. The number of nitrogen functional groups attached to an aromatic ring is 1. The van der Waals surface area contributed by atoms with Crippen LogP contribution in [0.2, 0.25) is 0 Å². The van der Waals surface area contributed by atoms with Crippen LogP contribution in [0.5, 0.6) is 0 Å². The molecule has 1 aliphatic carbocycles. The largest absolute Gasteiger partial charge is 0.398 e. The Hall–Kier alpha value is -3.91. The number of anilines is 1. The SMILES string of the molecule is Cn1c(=O)n(CC(C)(C)C)c2ccc(-c3cc(CN4CCn5c(CC6(C)C=CC=CC6)cnc5C4)ccc3N)nc21. The molecule has 8 nitrogen and oxygen atoms in total. The highest BCUT2D eigenvalue weighted by Gasteiger charge is 2.27. The number of pyridine rings is 1. The molecule has 0 fully saturated rings. The molecule has 2 N–H and O–H groups in total. The molecule has 1 atom stereocenters. The van der Waals surface area contributed by atoms with E-state index >= 15 is 0 Å². The lowest BCUT2D eigenvalue weighted by atomic mass is 9.80. The highest BCUT2D eigenvalue weighted by Crippen LogP contribution is 2.33. The lowest BCUT2D eigenvalue weighted by Gasteiger charge is -2.31. The van der Waals surface area contributed by atoms with Crippen molar-refractivity contribution in [2.75, 3.05) is 12.3 Å². The van der Waals surface area contributed by atoms with E-state index in [4.69, 9.17) is 15.7 Å². The Morgan fingerprint density at radius 1 is 1.10 bits per heavy atom. The molecule has 4 aromatic rings. The molecule has 1 aliphatic heterocycles. The van der Waals surface area contributed by atoms with E-state index in [1.165, 1.54) is 11.3 Å². The van der Waals surface area contributed by atoms with E-state index in [0.717, 1.165) is 61.6 Å². The molecule has 8 heteroatoms. The minimum Gasteiger partial charge on any atom is -0.398 e. The molecule has 2 aliphatic rings. The van der Waals surface area contributed by atoms with Crippen LogP contribution >= 0.6 is 0 Å². The number of aryl methyl sites for hydroxylation is 1. The summed E-state index contributed by atoms with van der Waals surface area (Å²) >= 11 is 0. The molecular weight excluding hydrogens is 510 g/mol. The lowest BCUT2D eigenvalue weighted by Crippen LogP contribution is -2.34. The van der Waals surface area contributed by atoms with Crippen molar-refractivity contribution in [1.29, 1.82) is 0 Å². The molecule has 3 aromatic heterocycles.